The molecule has 8 heteroatoms. The van der Waals surface area contributed by atoms with Crippen LogP contribution in [0.3, 0.4) is 0 Å². The van der Waals surface area contributed by atoms with Gasteiger partial charge in [0.1, 0.15) is 11.6 Å². The highest BCUT2D eigenvalue weighted by molar-refractivity contribution is 5.64. The quantitative estimate of drug-likeness (QED) is 0.164. The lowest BCUT2D eigenvalue weighted by Gasteiger charge is -2.19. The molecule has 0 N–H and O–H groups in total. The van der Waals surface area contributed by atoms with Crippen molar-refractivity contribution in [3.63, 3.8) is 0 Å². The number of aryl methyl sites for hydroxylation is 1. The molecular formula is C26H22F6O2. The van der Waals surface area contributed by atoms with Gasteiger partial charge in [0.25, 0.3) is 0 Å². The molecule has 0 aliphatic rings. The van der Waals surface area contributed by atoms with E-state index < -0.39 is 40.9 Å². The van der Waals surface area contributed by atoms with Crippen LogP contribution in [0.25, 0.3) is 11.1 Å². The van der Waals surface area contributed by atoms with Crippen molar-refractivity contribution in [1.82, 2.24) is 0 Å². The van der Waals surface area contributed by atoms with Crippen LogP contribution in [0.2, 0.25) is 0 Å². The van der Waals surface area contributed by atoms with Gasteiger partial charge in [0.2, 0.25) is 0 Å². The SMILES string of the molecule is CCCCCc1ccc(-c2ccc(C(F)(F)Oc3ccc(OC=C(F)F)c(F)c3)c(F)c2)cc1. The normalized spacial score (nSPS) is 11.3. The van der Waals surface area contributed by atoms with Crippen molar-refractivity contribution < 1.29 is 35.8 Å². The third kappa shape index (κ3) is 6.56. The summed E-state index contributed by atoms with van der Waals surface area (Å²) in [5.41, 5.74) is 1.20. The lowest BCUT2D eigenvalue weighted by molar-refractivity contribution is -0.187. The summed E-state index contributed by atoms with van der Waals surface area (Å²) >= 11 is 0. The van der Waals surface area contributed by atoms with Crippen LogP contribution < -0.4 is 9.47 Å². The van der Waals surface area contributed by atoms with Crippen LogP contribution in [-0.4, -0.2) is 0 Å². The molecule has 34 heavy (non-hydrogen) atoms. The summed E-state index contributed by atoms with van der Waals surface area (Å²) in [5, 5.41) is 0. The zero-order valence-corrected chi connectivity index (χ0v) is 18.3. The highest BCUT2D eigenvalue weighted by Crippen LogP contribution is 2.36. The third-order valence-corrected chi connectivity index (χ3v) is 5.06. The Morgan fingerprint density at radius 1 is 0.853 bits per heavy atom. The predicted octanol–water partition coefficient (Wildman–Crippen LogP) is 8.61. The van der Waals surface area contributed by atoms with E-state index in [-0.39, 0.29) is 6.26 Å². The van der Waals surface area contributed by atoms with Gasteiger partial charge in [-0.05, 0) is 53.8 Å². The van der Waals surface area contributed by atoms with Crippen molar-refractivity contribution in [2.45, 2.75) is 38.7 Å². The molecule has 0 saturated carbocycles. The minimum atomic E-state index is -4.12. The Hall–Kier alpha value is -3.42. The number of halogens is 6. The van der Waals surface area contributed by atoms with Gasteiger partial charge >= 0.3 is 12.2 Å². The molecule has 0 aliphatic heterocycles. The summed E-state index contributed by atoms with van der Waals surface area (Å²) in [6.45, 7) is 2.12. The number of hydrogen-bond donors (Lipinski definition) is 0. The largest absolute Gasteiger partial charge is 0.456 e. The van der Waals surface area contributed by atoms with Gasteiger partial charge in [-0.1, -0.05) is 50.1 Å². The van der Waals surface area contributed by atoms with Crippen LogP contribution in [0.15, 0.2) is 73.0 Å². The minimum Gasteiger partial charge on any atom is -0.456 e. The van der Waals surface area contributed by atoms with E-state index in [2.05, 4.69) is 16.4 Å². The van der Waals surface area contributed by atoms with Crippen LogP contribution in [-0.2, 0) is 12.5 Å². The average molecular weight is 480 g/mol. The molecule has 0 bridgehead atoms. The number of ether oxygens (including phenoxy) is 2. The maximum absolute atomic E-state index is 14.6. The van der Waals surface area contributed by atoms with Crippen LogP contribution in [0.5, 0.6) is 11.5 Å². The van der Waals surface area contributed by atoms with E-state index in [1.165, 1.54) is 6.07 Å². The molecule has 0 fully saturated rings. The van der Waals surface area contributed by atoms with Crippen LogP contribution in [0.4, 0.5) is 26.3 Å². The third-order valence-electron chi connectivity index (χ3n) is 5.06. The van der Waals surface area contributed by atoms with Crippen molar-refractivity contribution in [1.29, 1.82) is 0 Å². The standard InChI is InChI=1S/C26H22F6O2/c1-2-3-4-5-17-6-8-18(9-7-17)19-10-12-21(22(27)14-19)26(31,32)34-20-11-13-24(23(28)15-20)33-16-25(29)30/h6-16H,2-5H2,1H3. The fourth-order valence-electron chi connectivity index (χ4n) is 3.33. The molecule has 0 aliphatic carbocycles. The first-order chi connectivity index (χ1) is 16.2. The Balaban J connectivity index is 1.74. The highest BCUT2D eigenvalue weighted by atomic mass is 19.3. The zero-order chi connectivity index (χ0) is 24.7. The molecule has 0 saturated heterocycles. The molecule has 0 atom stereocenters. The summed E-state index contributed by atoms with van der Waals surface area (Å²) in [7, 11) is 0. The van der Waals surface area contributed by atoms with Crippen LogP contribution >= 0.6 is 0 Å². The van der Waals surface area contributed by atoms with Gasteiger partial charge in [0.15, 0.2) is 17.8 Å². The highest BCUT2D eigenvalue weighted by Gasteiger charge is 2.38. The van der Waals surface area contributed by atoms with E-state index in [0.29, 0.717) is 17.2 Å². The Morgan fingerprint density at radius 2 is 1.56 bits per heavy atom. The number of rotatable bonds is 10. The second kappa shape index (κ2) is 11.1. The molecule has 0 aromatic heterocycles. The van der Waals surface area contributed by atoms with E-state index >= 15 is 0 Å². The molecule has 2 nitrogen and oxygen atoms in total. The van der Waals surface area contributed by atoms with E-state index in [9.17, 15) is 26.3 Å². The fraction of sp³-hybridized carbons (Fsp3) is 0.231. The Labute approximate surface area is 193 Å². The topological polar surface area (TPSA) is 18.5 Å². The molecule has 0 amide bonds. The lowest BCUT2D eigenvalue weighted by atomic mass is 10.00. The Bertz CT molecular complexity index is 1140. The van der Waals surface area contributed by atoms with Gasteiger partial charge in [-0.3, -0.25) is 0 Å². The van der Waals surface area contributed by atoms with Crippen LogP contribution in [0, 0.1) is 11.6 Å². The number of alkyl halides is 2. The zero-order valence-electron chi connectivity index (χ0n) is 18.3. The first-order valence-corrected chi connectivity index (χ1v) is 10.6. The lowest BCUT2D eigenvalue weighted by Crippen LogP contribution is -2.23. The second-order valence-electron chi connectivity index (χ2n) is 7.59. The molecule has 0 radical (unpaired) electrons. The molecule has 180 valence electrons. The van der Waals surface area contributed by atoms with Crippen LogP contribution in [0.1, 0.15) is 37.3 Å². The van der Waals surface area contributed by atoms with Gasteiger partial charge < -0.3 is 9.47 Å². The predicted molar refractivity (Wildman–Crippen MR) is 117 cm³/mol. The van der Waals surface area contributed by atoms with Gasteiger partial charge in [0.05, 0.1) is 5.56 Å². The smallest absolute Gasteiger partial charge is 0.429 e. The molecule has 0 unspecified atom stereocenters. The van der Waals surface area contributed by atoms with Crippen molar-refractivity contribution in [3.05, 3.63) is 95.8 Å². The van der Waals surface area contributed by atoms with Gasteiger partial charge in [-0.15, -0.1) is 0 Å². The summed E-state index contributed by atoms with van der Waals surface area (Å²) in [5.74, 6) is -3.66. The Morgan fingerprint density at radius 3 is 2.18 bits per heavy atom. The van der Waals surface area contributed by atoms with Crippen molar-refractivity contribution in [2.75, 3.05) is 0 Å². The summed E-state index contributed by atoms with van der Waals surface area (Å²) < 4.78 is 90.7. The van der Waals surface area contributed by atoms with Crippen molar-refractivity contribution in [3.8, 4) is 22.6 Å². The fourth-order valence-corrected chi connectivity index (χ4v) is 3.33. The monoisotopic (exact) mass is 480 g/mol. The average Bonchev–Trinajstić information content (AvgIpc) is 2.78. The maximum atomic E-state index is 14.6. The van der Waals surface area contributed by atoms with E-state index in [4.69, 9.17) is 0 Å². The van der Waals surface area contributed by atoms with Crippen molar-refractivity contribution >= 4 is 0 Å². The molecule has 3 aromatic rings. The number of hydrogen-bond acceptors (Lipinski definition) is 2. The molecular weight excluding hydrogens is 458 g/mol. The van der Waals surface area contributed by atoms with Gasteiger partial charge in [-0.2, -0.15) is 17.6 Å². The summed E-state index contributed by atoms with van der Waals surface area (Å²) in [4.78, 5) is 0. The second-order valence-corrected chi connectivity index (χ2v) is 7.59. The molecule has 0 heterocycles. The number of benzene rings is 3. The van der Waals surface area contributed by atoms with E-state index in [1.54, 1.807) is 12.1 Å². The van der Waals surface area contributed by atoms with Crippen molar-refractivity contribution in [2.24, 2.45) is 0 Å². The summed E-state index contributed by atoms with van der Waals surface area (Å²) in [6.07, 6.45) is -2.06. The first-order valence-electron chi connectivity index (χ1n) is 10.6. The minimum absolute atomic E-state index is 0.00445. The number of unbranched alkanes of at least 4 members (excludes halogenated alkanes) is 2. The molecule has 3 rings (SSSR count). The van der Waals surface area contributed by atoms with Gasteiger partial charge in [0, 0.05) is 6.07 Å². The Kier molecular flexibility index (Phi) is 8.26. The van der Waals surface area contributed by atoms with E-state index in [0.717, 1.165) is 55.5 Å². The summed E-state index contributed by atoms with van der Waals surface area (Å²) in [6, 6.07) is 13.0. The molecule has 3 aromatic carbocycles. The van der Waals surface area contributed by atoms with Gasteiger partial charge in [-0.25, -0.2) is 8.78 Å². The maximum Gasteiger partial charge on any atom is 0.429 e. The molecule has 0 spiro atoms. The van der Waals surface area contributed by atoms with E-state index in [1.807, 2.05) is 12.1 Å². The first kappa shape index (κ1) is 25.2.